The Balaban J connectivity index is 2.16. The minimum atomic E-state index is 0.558. The number of nitrogen functional groups attached to an aromatic ring is 1. The van der Waals surface area contributed by atoms with Gasteiger partial charge in [0.25, 0.3) is 0 Å². The van der Waals surface area contributed by atoms with E-state index in [0.717, 1.165) is 10.4 Å². The van der Waals surface area contributed by atoms with Crippen molar-refractivity contribution in [3.8, 4) is 16.5 Å². The van der Waals surface area contributed by atoms with Crippen molar-refractivity contribution >= 4 is 27.1 Å². The molecular formula is C15H10N2S. The first-order chi connectivity index (χ1) is 8.78. The van der Waals surface area contributed by atoms with Crippen LogP contribution in [0.2, 0.25) is 0 Å². The molecule has 0 aliphatic carbocycles. The second-order valence-electron chi connectivity index (χ2n) is 4.06. The van der Waals surface area contributed by atoms with Crippen LogP contribution < -0.4 is 5.73 Å². The van der Waals surface area contributed by atoms with E-state index >= 15 is 0 Å². The van der Waals surface area contributed by atoms with Gasteiger partial charge in [-0.3, -0.25) is 0 Å². The van der Waals surface area contributed by atoms with Gasteiger partial charge in [0.05, 0.1) is 5.56 Å². The van der Waals surface area contributed by atoms with Crippen molar-refractivity contribution in [2.75, 3.05) is 5.73 Å². The summed E-state index contributed by atoms with van der Waals surface area (Å²) in [5, 5.41) is 11.9. The van der Waals surface area contributed by atoms with Gasteiger partial charge < -0.3 is 5.73 Å². The summed E-state index contributed by atoms with van der Waals surface area (Å²) in [4.78, 5) is 1.04. The highest BCUT2D eigenvalue weighted by Gasteiger charge is 2.07. The molecule has 0 amide bonds. The summed E-state index contributed by atoms with van der Waals surface area (Å²) in [7, 11) is 0. The number of thiophene rings is 1. The van der Waals surface area contributed by atoms with Crippen LogP contribution in [0.4, 0.5) is 5.00 Å². The van der Waals surface area contributed by atoms with Gasteiger partial charge in [-0.05, 0) is 28.5 Å². The maximum atomic E-state index is 8.93. The van der Waals surface area contributed by atoms with Crippen molar-refractivity contribution < 1.29 is 0 Å². The molecule has 0 unspecified atom stereocenters. The summed E-state index contributed by atoms with van der Waals surface area (Å²) in [6, 6.07) is 18.5. The van der Waals surface area contributed by atoms with Gasteiger partial charge in [-0.1, -0.05) is 36.4 Å². The van der Waals surface area contributed by atoms with Gasteiger partial charge in [-0.25, -0.2) is 0 Å². The summed E-state index contributed by atoms with van der Waals surface area (Å²) in [6.07, 6.45) is 0. The number of nitrogens with zero attached hydrogens (tertiary/aromatic N) is 1. The molecule has 0 radical (unpaired) electrons. The normalized spacial score (nSPS) is 10.4. The van der Waals surface area contributed by atoms with Crippen molar-refractivity contribution in [3.63, 3.8) is 0 Å². The largest absolute Gasteiger partial charge is 0.389 e. The van der Waals surface area contributed by atoms with E-state index in [1.165, 1.54) is 22.1 Å². The van der Waals surface area contributed by atoms with E-state index in [-0.39, 0.29) is 0 Å². The van der Waals surface area contributed by atoms with Crippen LogP contribution in [-0.4, -0.2) is 0 Å². The number of benzene rings is 2. The molecule has 3 heteroatoms. The number of hydrogen-bond acceptors (Lipinski definition) is 3. The van der Waals surface area contributed by atoms with E-state index < -0.39 is 0 Å². The average molecular weight is 250 g/mol. The molecule has 2 nitrogen and oxygen atoms in total. The lowest BCUT2D eigenvalue weighted by atomic mass is 10.1. The second kappa shape index (κ2) is 4.17. The van der Waals surface area contributed by atoms with Crippen LogP contribution in [0.1, 0.15) is 5.56 Å². The third kappa shape index (κ3) is 1.73. The number of hydrogen-bond donors (Lipinski definition) is 1. The van der Waals surface area contributed by atoms with Gasteiger partial charge in [-0.2, -0.15) is 5.26 Å². The van der Waals surface area contributed by atoms with Crippen molar-refractivity contribution in [3.05, 3.63) is 54.1 Å². The standard InChI is InChI=1S/C15H10N2S/c16-9-13-8-14(18-15(13)17)12-6-5-10-3-1-2-4-11(10)7-12/h1-8H,17H2. The van der Waals surface area contributed by atoms with E-state index in [9.17, 15) is 0 Å². The lowest BCUT2D eigenvalue weighted by molar-refractivity contribution is 1.51. The molecule has 3 aromatic rings. The molecule has 2 aromatic carbocycles. The first-order valence-corrected chi connectivity index (χ1v) is 6.38. The molecule has 0 aliphatic heterocycles. The molecule has 0 bridgehead atoms. The molecule has 0 fully saturated rings. The van der Waals surface area contributed by atoms with Crippen LogP contribution in [-0.2, 0) is 0 Å². The summed E-state index contributed by atoms with van der Waals surface area (Å²) in [5.74, 6) is 0. The minimum Gasteiger partial charge on any atom is -0.389 e. The van der Waals surface area contributed by atoms with E-state index in [0.29, 0.717) is 10.6 Å². The quantitative estimate of drug-likeness (QED) is 0.709. The maximum Gasteiger partial charge on any atom is 0.104 e. The molecule has 1 heterocycles. The fourth-order valence-corrected chi connectivity index (χ4v) is 2.85. The molecule has 0 saturated carbocycles. The number of rotatable bonds is 1. The second-order valence-corrected chi connectivity index (χ2v) is 5.15. The van der Waals surface area contributed by atoms with Crippen molar-refractivity contribution in [2.24, 2.45) is 0 Å². The Morgan fingerprint density at radius 3 is 2.50 bits per heavy atom. The lowest BCUT2D eigenvalue weighted by Crippen LogP contribution is -1.80. The lowest BCUT2D eigenvalue weighted by Gasteiger charge is -2.00. The molecule has 0 atom stereocenters. The molecule has 2 N–H and O–H groups in total. The fraction of sp³-hybridized carbons (Fsp3) is 0. The first kappa shape index (κ1) is 10.8. The van der Waals surface area contributed by atoms with Crippen molar-refractivity contribution in [2.45, 2.75) is 0 Å². The first-order valence-electron chi connectivity index (χ1n) is 5.56. The Morgan fingerprint density at radius 2 is 1.78 bits per heavy atom. The monoisotopic (exact) mass is 250 g/mol. The van der Waals surface area contributed by atoms with Gasteiger partial charge in [0, 0.05) is 4.88 Å². The van der Waals surface area contributed by atoms with Crippen LogP contribution in [0.15, 0.2) is 48.5 Å². The molecule has 86 valence electrons. The van der Waals surface area contributed by atoms with Crippen molar-refractivity contribution in [1.82, 2.24) is 0 Å². The predicted molar refractivity (Wildman–Crippen MR) is 76.4 cm³/mol. The predicted octanol–water partition coefficient (Wildman–Crippen LogP) is 4.02. The molecule has 18 heavy (non-hydrogen) atoms. The third-order valence-corrected chi connectivity index (χ3v) is 3.93. The van der Waals surface area contributed by atoms with Gasteiger partial charge in [0.15, 0.2) is 0 Å². The Morgan fingerprint density at radius 1 is 1.00 bits per heavy atom. The molecule has 0 aliphatic rings. The third-order valence-electron chi connectivity index (χ3n) is 2.92. The van der Waals surface area contributed by atoms with E-state index in [4.69, 9.17) is 11.0 Å². The SMILES string of the molecule is N#Cc1cc(-c2ccc3ccccc3c2)sc1N. The Kier molecular flexibility index (Phi) is 2.51. The van der Waals surface area contributed by atoms with Gasteiger partial charge in [0.2, 0.25) is 0 Å². The highest BCUT2D eigenvalue weighted by Crippen LogP contribution is 2.34. The van der Waals surface area contributed by atoms with E-state index in [1.54, 1.807) is 0 Å². The Labute approximate surface area is 109 Å². The number of nitriles is 1. The maximum absolute atomic E-state index is 8.93. The van der Waals surface area contributed by atoms with Gasteiger partial charge in [0.1, 0.15) is 11.1 Å². The smallest absolute Gasteiger partial charge is 0.104 e. The van der Waals surface area contributed by atoms with Crippen LogP contribution in [0, 0.1) is 11.3 Å². The van der Waals surface area contributed by atoms with Crippen LogP contribution in [0.25, 0.3) is 21.2 Å². The summed E-state index contributed by atoms with van der Waals surface area (Å²) in [6.45, 7) is 0. The van der Waals surface area contributed by atoms with E-state index in [2.05, 4.69) is 36.4 Å². The number of nitrogens with two attached hydrogens (primary N) is 1. The summed E-state index contributed by atoms with van der Waals surface area (Å²) < 4.78 is 0. The number of anilines is 1. The van der Waals surface area contributed by atoms with Gasteiger partial charge in [-0.15, -0.1) is 11.3 Å². The highest BCUT2D eigenvalue weighted by molar-refractivity contribution is 7.19. The summed E-state index contributed by atoms with van der Waals surface area (Å²) >= 11 is 1.46. The molecule has 1 aromatic heterocycles. The average Bonchev–Trinajstić information content (AvgIpc) is 2.79. The fourth-order valence-electron chi connectivity index (χ4n) is 1.98. The summed E-state index contributed by atoms with van der Waals surface area (Å²) in [5.41, 5.74) is 7.46. The van der Waals surface area contributed by atoms with E-state index in [1.807, 2.05) is 18.2 Å². The molecular weight excluding hydrogens is 240 g/mol. The van der Waals surface area contributed by atoms with Crippen LogP contribution in [0.3, 0.4) is 0 Å². The van der Waals surface area contributed by atoms with Crippen LogP contribution in [0.5, 0.6) is 0 Å². The highest BCUT2D eigenvalue weighted by atomic mass is 32.1. The zero-order valence-electron chi connectivity index (χ0n) is 9.55. The van der Waals surface area contributed by atoms with Crippen molar-refractivity contribution in [1.29, 1.82) is 5.26 Å². The van der Waals surface area contributed by atoms with Crippen LogP contribution >= 0.6 is 11.3 Å². The van der Waals surface area contributed by atoms with Gasteiger partial charge >= 0.3 is 0 Å². The zero-order valence-corrected chi connectivity index (χ0v) is 10.4. The molecule has 0 spiro atoms. The zero-order chi connectivity index (χ0) is 12.5. The Bertz CT molecular complexity index is 766. The number of fused-ring (bicyclic) bond motifs is 1. The topological polar surface area (TPSA) is 49.8 Å². The minimum absolute atomic E-state index is 0.558. The Hall–Kier alpha value is -2.31. The molecule has 0 saturated heterocycles. The molecule has 3 rings (SSSR count).